The highest BCUT2D eigenvalue weighted by Gasteiger charge is 2.27. The van der Waals surface area contributed by atoms with Crippen molar-refractivity contribution < 1.29 is 14.7 Å². The molecule has 0 heterocycles. The lowest BCUT2D eigenvalue weighted by Crippen LogP contribution is -2.43. The largest absolute Gasteiger partial charge is 0.481 e. The minimum absolute atomic E-state index is 0.127. The first-order valence-electron chi connectivity index (χ1n) is 6.64. The second-order valence-electron chi connectivity index (χ2n) is 5.21. The monoisotopic (exact) mass is 290 g/mol. The molecule has 2 amide bonds. The molecule has 6 heteroatoms. The summed E-state index contributed by atoms with van der Waals surface area (Å²) in [6, 6.07) is -0.293. The molecule has 0 fully saturated rings. The number of carboxylic acid groups (broad SMARTS) is 1. The van der Waals surface area contributed by atoms with E-state index in [9.17, 15) is 9.59 Å². The molecule has 0 saturated heterocycles. The van der Waals surface area contributed by atoms with Crippen LogP contribution in [0.4, 0.5) is 4.79 Å². The van der Waals surface area contributed by atoms with Crippen LogP contribution in [0.1, 0.15) is 39.5 Å². The zero-order chi connectivity index (χ0) is 14.7. The van der Waals surface area contributed by atoms with Crippen LogP contribution in [-0.2, 0) is 4.79 Å². The van der Waals surface area contributed by atoms with E-state index in [1.54, 1.807) is 13.8 Å². The second-order valence-corrected chi connectivity index (χ2v) is 6.19. The van der Waals surface area contributed by atoms with Gasteiger partial charge in [0.05, 0.1) is 5.41 Å². The molecule has 0 rings (SSSR count). The van der Waals surface area contributed by atoms with Crippen LogP contribution in [0.2, 0.25) is 0 Å². The molecule has 3 N–H and O–H groups in total. The highest BCUT2D eigenvalue weighted by molar-refractivity contribution is 7.98. The van der Waals surface area contributed by atoms with Gasteiger partial charge < -0.3 is 15.7 Å². The number of amides is 2. The number of carbonyl (C=O) groups is 2. The number of urea groups is 1. The molecular weight excluding hydrogens is 264 g/mol. The number of carbonyl (C=O) groups excluding carboxylic acids is 1. The van der Waals surface area contributed by atoms with Crippen LogP contribution in [-0.4, -0.2) is 42.2 Å². The van der Waals surface area contributed by atoms with E-state index in [0.29, 0.717) is 6.54 Å². The zero-order valence-corrected chi connectivity index (χ0v) is 12.9. The maximum absolute atomic E-state index is 11.4. The summed E-state index contributed by atoms with van der Waals surface area (Å²) in [6.07, 6.45) is 6.59. The van der Waals surface area contributed by atoms with Crippen molar-refractivity contribution in [1.29, 1.82) is 0 Å². The predicted molar refractivity (Wildman–Crippen MR) is 79.7 cm³/mol. The van der Waals surface area contributed by atoms with E-state index in [1.165, 1.54) is 18.6 Å². The number of thioether (sulfide) groups is 1. The Bertz CT molecular complexity index is 283. The molecule has 0 aromatic rings. The minimum atomic E-state index is -0.935. The first kappa shape index (κ1) is 18.1. The van der Waals surface area contributed by atoms with Gasteiger partial charge in [0.25, 0.3) is 0 Å². The number of hydrogen-bond donors (Lipinski definition) is 3. The van der Waals surface area contributed by atoms with Gasteiger partial charge in [-0.25, -0.2) is 4.79 Å². The first-order chi connectivity index (χ1) is 8.90. The third-order valence-corrected chi connectivity index (χ3v) is 3.53. The van der Waals surface area contributed by atoms with Crippen LogP contribution >= 0.6 is 11.8 Å². The van der Waals surface area contributed by atoms with Crippen molar-refractivity contribution in [1.82, 2.24) is 10.6 Å². The average molecular weight is 290 g/mol. The fraction of sp³-hybridized carbons (Fsp3) is 0.846. The third-order valence-electron chi connectivity index (χ3n) is 2.83. The molecule has 5 nitrogen and oxygen atoms in total. The topological polar surface area (TPSA) is 78.4 Å². The number of rotatable bonds is 10. The Kier molecular flexibility index (Phi) is 9.47. The van der Waals surface area contributed by atoms with Crippen molar-refractivity contribution in [3.63, 3.8) is 0 Å². The van der Waals surface area contributed by atoms with Crippen molar-refractivity contribution in [3.05, 3.63) is 0 Å². The molecule has 0 spiro atoms. The molecule has 0 aliphatic carbocycles. The van der Waals surface area contributed by atoms with Crippen LogP contribution in [0.3, 0.4) is 0 Å². The molecule has 0 atom stereocenters. The van der Waals surface area contributed by atoms with Gasteiger partial charge >= 0.3 is 12.0 Å². The van der Waals surface area contributed by atoms with Gasteiger partial charge in [-0.05, 0) is 38.7 Å². The Morgan fingerprint density at radius 3 is 2.32 bits per heavy atom. The lowest BCUT2D eigenvalue weighted by Gasteiger charge is -2.19. The molecule has 0 aliphatic heterocycles. The van der Waals surface area contributed by atoms with Crippen LogP contribution in [0.15, 0.2) is 0 Å². The number of nitrogens with one attached hydrogen (secondary N) is 2. The quantitative estimate of drug-likeness (QED) is 0.540. The summed E-state index contributed by atoms with van der Waals surface area (Å²) in [5.41, 5.74) is -0.935. The van der Waals surface area contributed by atoms with E-state index in [-0.39, 0.29) is 12.6 Å². The van der Waals surface area contributed by atoms with E-state index < -0.39 is 11.4 Å². The van der Waals surface area contributed by atoms with Crippen LogP contribution < -0.4 is 10.6 Å². The van der Waals surface area contributed by atoms with Gasteiger partial charge in [-0.15, -0.1) is 0 Å². The highest BCUT2D eigenvalue weighted by Crippen LogP contribution is 2.12. The summed E-state index contributed by atoms with van der Waals surface area (Å²) in [5, 5.41) is 14.2. The van der Waals surface area contributed by atoms with E-state index >= 15 is 0 Å². The maximum atomic E-state index is 11.4. The van der Waals surface area contributed by atoms with Crippen LogP contribution in [0.5, 0.6) is 0 Å². The molecule has 0 unspecified atom stereocenters. The van der Waals surface area contributed by atoms with Crippen LogP contribution in [0, 0.1) is 5.41 Å². The van der Waals surface area contributed by atoms with Gasteiger partial charge in [0, 0.05) is 13.1 Å². The van der Waals surface area contributed by atoms with Gasteiger partial charge in [-0.3, -0.25) is 4.79 Å². The Morgan fingerprint density at radius 1 is 1.11 bits per heavy atom. The second kappa shape index (κ2) is 9.95. The zero-order valence-electron chi connectivity index (χ0n) is 12.1. The van der Waals surface area contributed by atoms with Gasteiger partial charge in [0.2, 0.25) is 0 Å². The summed E-state index contributed by atoms with van der Waals surface area (Å²) < 4.78 is 0. The summed E-state index contributed by atoms with van der Waals surface area (Å²) >= 11 is 1.85. The van der Waals surface area contributed by atoms with Crippen molar-refractivity contribution in [3.8, 4) is 0 Å². The molecule has 19 heavy (non-hydrogen) atoms. The summed E-state index contributed by atoms with van der Waals surface area (Å²) in [5.74, 6) is 0.277. The van der Waals surface area contributed by atoms with Gasteiger partial charge in [0.1, 0.15) is 0 Å². The lowest BCUT2D eigenvalue weighted by atomic mass is 9.94. The number of carboxylic acids is 1. The number of aliphatic carboxylic acids is 1. The summed E-state index contributed by atoms with van der Waals surface area (Å²) in [7, 11) is 0. The molecule has 0 aromatic heterocycles. The fourth-order valence-corrected chi connectivity index (χ4v) is 1.86. The SMILES string of the molecule is CSCCCCCCNC(=O)NCC(C)(C)C(=O)O. The highest BCUT2D eigenvalue weighted by atomic mass is 32.2. The normalized spacial score (nSPS) is 11.1. The molecule has 112 valence electrons. The first-order valence-corrected chi connectivity index (χ1v) is 8.03. The van der Waals surface area contributed by atoms with Gasteiger partial charge in [0.15, 0.2) is 0 Å². The van der Waals surface area contributed by atoms with Crippen molar-refractivity contribution in [2.24, 2.45) is 5.41 Å². The molecule has 0 saturated carbocycles. The Hall–Kier alpha value is -0.910. The minimum Gasteiger partial charge on any atom is -0.481 e. The summed E-state index contributed by atoms with van der Waals surface area (Å²) in [4.78, 5) is 22.3. The smallest absolute Gasteiger partial charge is 0.314 e. The average Bonchev–Trinajstić information content (AvgIpc) is 2.35. The van der Waals surface area contributed by atoms with Gasteiger partial charge in [-0.1, -0.05) is 12.8 Å². The summed E-state index contributed by atoms with van der Waals surface area (Å²) in [6.45, 7) is 3.93. The van der Waals surface area contributed by atoms with Crippen molar-refractivity contribution in [2.45, 2.75) is 39.5 Å². The van der Waals surface area contributed by atoms with E-state index in [2.05, 4.69) is 16.9 Å². The van der Waals surface area contributed by atoms with E-state index in [1.807, 2.05) is 11.8 Å². The number of hydrogen-bond acceptors (Lipinski definition) is 3. The molecule has 0 aliphatic rings. The fourth-order valence-electron chi connectivity index (χ4n) is 1.37. The molecule has 0 radical (unpaired) electrons. The maximum Gasteiger partial charge on any atom is 0.314 e. The molecule has 0 aromatic carbocycles. The van der Waals surface area contributed by atoms with E-state index in [4.69, 9.17) is 5.11 Å². The van der Waals surface area contributed by atoms with Crippen LogP contribution in [0.25, 0.3) is 0 Å². The molecular formula is C13H26N2O3S. The van der Waals surface area contributed by atoms with E-state index in [0.717, 1.165) is 12.8 Å². The Morgan fingerprint density at radius 2 is 1.74 bits per heavy atom. The Balaban J connectivity index is 3.53. The standard InChI is InChI=1S/C13H26N2O3S/c1-13(2,11(16)17)10-15-12(18)14-8-6-4-5-7-9-19-3/h4-10H2,1-3H3,(H,16,17)(H2,14,15,18). The lowest BCUT2D eigenvalue weighted by molar-refractivity contribution is -0.146. The Labute approximate surface area is 119 Å². The van der Waals surface area contributed by atoms with Gasteiger partial charge in [-0.2, -0.15) is 11.8 Å². The molecule has 0 bridgehead atoms. The predicted octanol–water partition coefficient (Wildman–Crippen LogP) is 2.32. The third kappa shape index (κ3) is 9.64. The number of unbranched alkanes of at least 4 members (excludes halogenated alkanes) is 3. The van der Waals surface area contributed by atoms with Crippen molar-refractivity contribution in [2.75, 3.05) is 25.1 Å². The van der Waals surface area contributed by atoms with Crippen molar-refractivity contribution >= 4 is 23.8 Å².